The molecule has 0 aliphatic heterocycles. The van der Waals surface area contributed by atoms with Crippen LogP contribution in [0.4, 0.5) is 13.2 Å². The number of hydrogen-bond acceptors (Lipinski definition) is 7. The van der Waals surface area contributed by atoms with Crippen LogP contribution in [-0.2, 0) is 14.3 Å². The van der Waals surface area contributed by atoms with Gasteiger partial charge in [-0.3, -0.25) is 9.59 Å². The first-order valence-corrected chi connectivity index (χ1v) is 10.9. The molecule has 2 aromatic carbocycles. The van der Waals surface area contributed by atoms with E-state index < -0.39 is 35.9 Å². The molecule has 0 radical (unpaired) electrons. The summed E-state index contributed by atoms with van der Waals surface area (Å²) in [4.78, 5) is 37.2. The highest BCUT2D eigenvalue weighted by Gasteiger charge is 2.32. The molecule has 3 aromatic rings. The Kier molecular flexibility index (Phi) is 7.95. The first-order chi connectivity index (χ1) is 16.5. The first-order valence-electron chi connectivity index (χ1n) is 10.1. The molecule has 0 fully saturated rings. The summed E-state index contributed by atoms with van der Waals surface area (Å²) in [6.07, 6.45) is -4.88. The standard InChI is InChI=1S/C23H18BrF3N2O6/c1-3-33-22(32)18-10-11-29(28-18)19-9-6-15(24)12-17(19)21(34-13(2)30)20(31)14-4-7-16(8-5-14)35-23(25,26)27/h4-12,21H,3H2,1-2H3. The van der Waals surface area contributed by atoms with Crippen molar-refractivity contribution < 1.29 is 41.8 Å². The number of benzene rings is 2. The number of hydrogen-bond donors (Lipinski definition) is 0. The molecule has 0 saturated carbocycles. The summed E-state index contributed by atoms with van der Waals surface area (Å²) in [7, 11) is 0. The second-order valence-corrected chi connectivity index (χ2v) is 7.91. The van der Waals surface area contributed by atoms with Crippen molar-refractivity contribution in [2.75, 3.05) is 6.61 Å². The number of nitrogens with zero attached hydrogens (tertiary/aromatic N) is 2. The lowest BCUT2D eigenvalue weighted by molar-refractivity contribution is -0.274. The molecule has 0 bridgehead atoms. The predicted molar refractivity (Wildman–Crippen MR) is 119 cm³/mol. The Morgan fingerprint density at radius 1 is 1.09 bits per heavy atom. The van der Waals surface area contributed by atoms with Gasteiger partial charge in [-0.15, -0.1) is 13.2 Å². The molecule has 12 heteroatoms. The number of ether oxygens (including phenoxy) is 3. The Morgan fingerprint density at radius 3 is 2.37 bits per heavy atom. The van der Waals surface area contributed by atoms with Crippen molar-refractivity contribution in [3.63, 3.8) is 0 Å². The van der Waals surface area contributed by atoms with Gasteiger partial charge in [-0.2, -0.15) is 5.10 Å². The zero-order valence-electron chi connectivity index (χ0n) is 18.3. The molecule has 1 aromatic heterocycles. The summed E-state index contributed by atoms with van der Waals surface area (Å²) in [5.41, 5.74) is 0.537. The average molecular weight is 555 g/mol. The van der Waals surface area contributed by atoms with Crippen LogP contribution >= 0.6 is 15.9 Å². The van der Waals surface area contributed by atoms with Gasteiger partial charge >= 0.3 is 18.3 Å². The van der Waals surface area contributed by atoms with Gasteiger partial charge in [-0.1, -0.05) is 15.9 Å². The fourth-order valence-corrected chi connectivity index (χ4v) is 3.49. The monoisotopic (exact) mass is 554 g/mol. The summed E-state index contributed by atoms with van der Waals surface area (Å²) in [5, 5.41) is 4.18. The van der Waals surface area contributed by atoms with E-state index >= 15 is 0 Å². The topological polar surface area (TPSA) is 96.7 Å². The summed E-state index contributed by atoms with van der Waals surface area (Å²) >= 11 is 3.32. The van der Waals surface area contributed by atoms with Crippen LogP contribution in [0.5, 0.6) is 5.75 Å². The third-order valence-corrected chi connectivity index (χ3v) is 4.98. The van der Waals surface area contributed by atoms with Crippen molar-refractivity contribution in [2.45, 2.75) is 26.3 Å². The van der Waals surface area contributed by atoms with E-state index in [9.17, 15) is 27.6 Å². The molecule has 8 nitrogen and oxygen atoms in total. The molecule has 1 heterocycles. The number of alkyl halides is 3. The van der Waals surface area contributed by atoms with Crippen molar-refractivity contribution in [1.29, 1.82) is 0 Å². The van der Waals surface area contributed by atoms with Gasteiger partial charge in [0.25, 0.3) is 0 Å². The Morgan fingerprint density at radius 2 is 1.77 bits per heavy atom. The summed E-state index contributed by atoms with van der Waals surface area (Å²) in [6.45, 7) is 2.93. The molecule has 0 amide bonds. The highest BCUT2D eigenvalue weighted by atomic mass is 79.9. The van der Waals surface area contributed by atoms with Crippen molar-refractivity contribution in [3.8, 4) is 11.4 Å². The van der Waals surface area contributed by atoms with Crippen molar-refractivity contribution >= 4 is 33.7 Å². The summed E-state index contributed by atoms with van der Waals surface area (Å²) in [5.74, 6) is -2.61. The van der Waals surface area contributed by atoms with Crippen LogP contribution in [-0.4, -0.2) is 40.5 Å². The van der Waals surface area contributed by atoms with E-state index in [1.807, 2.05) is 0 Å². The molecule has 35 heavy (non-hydrogen) atoms. The molecule has 1 unspecified atom stereocenters. The minimum absolute atomic E-state index is 0.0237. The van der Waals surface area contributed by atoms with E-state index in [4.69, 9.17) is 9.47 Å². The average Bonchev–Trinajstić information content (AvgIpc) is 3.27. The third-order valence-electron chi connectivity index (χ3n) is 4.49. The minimum atomic E-state index is -4.89. The van der Waals surface area contributed by atoms with Crippen LogP contribution in [0, 0.1) is 0 Å². The molecule has 0 spiro atoms. The Balaban J connectivity index is 2.02. The normalized spacial score (nSPS) is 12.1. The maximum Gasteiger partial charge on any atom is 0.573 e. The van der Waals surface area contributed by atoms with Gasteiger partial charge in [0.15, 0.2) is 11.8 Å². The third kappa shape index (κ3) is 6.69. The van der Waals surface area contributed by atoms with Crippen LogP contribution < -0.4 is 4.74 Å². The number of aromatic nitrogens is 2. The first kappa shape index (κ1) is 25.9. The van der Waals surface area contributed by atoms with E-state index in [1.165, 1.54) is 23.0 Å². The van der Waals surface area contributed by atoms with Crippen LogP contribution in [0.2, 0.25) is 0 Å². The molecule has 0 N–H and O–H groups in total. The lowest BCUT2D eigenvalue weighted by atomic mass is 9.98. The zero-order valence-corrected chi connectivity index (χ0v) is 19.9. The van der Waals surface area contributed by atoms with E-state index in [0.717, 1.165) is 31.2 Å². The van der Waals surface area contributed by atoms with Gasteiger partial charge in [0.2, 0.25) is 5.78 Å². The van der Waals surface area contributed by atoms with Gasteiger partial charge in [-0.05, 0) is 55.5 Å². The number of carbonyl (C=O) groups excluding carboxylic acids is 3. The van der Waals surface area contributed by atoms with Crippen LogP contribution in [0.15, 0.2) is 59.2 Å². The number of esters is 2. The molecule has 3 rings (SSSR count). The number of Topliss-reactive ketones (excluding diaryl/α,β-unsaturated/α-hetero) is 1. The van der Waals surface area contributed by atoms with Gasteiger partial charge in [0.05, 0.1) is 12.3 Å². The molecule has 0 aliphatic rings. The van der Waals surface area contributed by atoms with E-state index in [2.05, 4.69) is 25.8 Å². The van der Waals surface area contributed by atoms with E-state index in [-0.39, 0.29) is 23.4 Å². The SMILES string of the molecule is CCOC(=O)c1ccn(-c2ccc(Br)cc2C(OC(C)=O)C(=O)c2ccc(OC(F)(F)F)cc2)n1. The fraction of sp³-hybridized carbons (Fsp3) is 0.217. The smallest absolute Gasteiger partial charge is 0.461 e. The van der Waals surface area contributed by atoms with Gasteiger partial charge in [0.1, 0.15) is 5.75 Å². The number of rotatable bonds is 8. The lowest BCUT2D eigenvalue weighted by Gasteiger charge is -2.20. The predicted octanol–water partition coefficient (Wildman–Crippen LogP) is 5.20. The van der Waals surface area contributed by atoms with E-state index in [0.29, 0.717) is 10.2 Å². The highest BCUT2D eigenvalue weighted by molar-refractivity contribution is 9.10. The second-order valence-electron chi connectivity index (χ2n) is 7.00. The van der Waals surface area contributed by atoms with Crippen molar-refractivity contribution in [3.05, 3.63) is 76.0 Å². The fourth-order valence-electron chi connectivity index (χ4n) is 3.11. The maximum atomic E-state index is 13.3. The number of halogens is 4. The molecule has 184 valence electrons. The van der Waals surface area contributed by atoms with Gasteiger partial charge in [0, 0.05) is 28.7 Å². The van der Waals surface area contributed by atoms with Crippen molar-refractivity contribution in [2.24, 2.45) is 0 Å². The molecule has 0 aliphatic carbocycles. The highest BCUT2D eigenvalue weighted by Crippen LogP contribution is 2.32. The zero-order chi connectivity index (χ0) is 25.8. The maximum absolute atomic E-state index is 13.3. The summed E-state index contributed by atoms with van der Waals surface area (Å²) < 4.78 is 53.3. The Bertz CT molecular complexity index is 1240. The molecule has 0 saturated heterocycles. The second kappa shape index (κ2) is 10.7. The van der Waals surface area contributed by atoms with Crippen LogP contribution in [0.25, 0.3) is 5.69 Å². The molecular formula is C23H18BrF3N2O6. The van der Waals surface area contributed by atoms with Crippen LogP contribution in [0.3, 0.4) is 0 Å². The van der Waals surface area contributed by atoms with Crippen LogP contribution in [0.1, 0.15) is 46.4 Å². The van der Waals surface area contributed by atoms with E-state index in [1.54, 1.807) is 19.1 Å². The molecular weight excluding hydrogens is 537 g/mol. The Labute approximate surface area is 205 Å². The van der Waals surface area contributed by atoms with Gasteiger partial charge < -0.3 is 14.2 Å². The Hall–Kier alpha value is -3.67. The molecule has 1 atom stereocenters. The van der Waals surface area contributed by atoms with Crippen molar-refractivity contribution in [1.82, 2.24) is 9.78 Å². The number of carbonyl (C=O) groups is 3. The minimum Gasteiger partial charge on any atom is -0.461 e. The number of ketones is 1. The largest absolute Gasteiger partial charge is 0.573 e. The quantitative estimate of drug-likeness (QED) is 0.279. The van der Waals surface area contributed by atoms with Gasteiger partial charge in [-0.25, -0.2) is 9.48 Å². The summed E-state index contributed by atoms with van der Waals surface area (Å²) in [6, 6.07) is 10.4. The lowest BCUT2D eigenvalue weighted by Crippen LogP contribution is -2.21.